The van der Waals surface area contributed by atoms with E-state index >= 15 is 0 Å². The predicted octanol–water partition coefficient (Wildman–Crippen LogP) is 1.28. The Hall–Kier alpha value is -2.60. The van der Waals surface area contributed by atoms with Crippen molar-refractivity contribution in [2.24, 2.45) is 0 Å². The lowest BCUT2D eigenvalue weighted by molar-refractivity contribution is -0.607. The fourth-order valence-electron chi connectivity index (χ4n) is 1.87. The fourth-order valence-corrected chi connectivity index (χ4v) is 1.87. The highest BCUT2D eigenvalue weighted by molar-refractivity contribution is 5.90. The van der Waals surface area contributed by atoms with Gasteiger partial charge in [0.2, 0.25) is 0 Å². The van der Waals surface area contributed by atoms with Crippen molar-refractivity contribution in [3.05, 3.63) is 65.1 Å². The van der Waals surface area contributed by atoms with Crippen LogP contribution in [-0.4, -0.2) is 26.2 Å². The van der Waals surface area contributed by atoms with E-state index in [-0.39, 0.29) is 5.69 Å². The highest BCUT2D eigenvalue weighted by Crippen LogP contribution is 2.13. The molecule has 2 rings (SSSR count). The summed E-state index contributed by atoms with van der Waals surface area (Å²) in [6.45, 7) is 1.29. The summed E-state index contributed by atoms with van der Waals surface area (Å²) in [6, 6.07) is 12.1. The number of methoxy groups -OCH3 is 1. The molecule has 0 saturated heterocycles. The van der Waals surface area contributed by atoms with Gasteiger partial charge in [-0.25, -0.2) is 0 Å². The van der Waals surface area contributed by atoms with E-state index < -0.39 is 5.91 Å². The van der Waals surface area contributed by atoms with Crippen LogP contribution < -0.4 is 14.8 Å². The molecular weight excluding hydrogens is 284 g/mol. The second-order valence-electron chi connectivity index (χ2n) is 4.58. The molecule has 0 saturated carbocycles. The minimum Gasteiger partial charge on any atom is -0.618 e. The number of benzene rings is 1. The van der Waals surface area contributed by atoms with E-state index in [1.54, 1.807) is 19.2 Å². The number of hydrogen-bond acceptors (Lipinski definition) is 4. The average molecular weight is 302 g/mol. The van der Waals surface area contributed by atoms with Gasteiger partial charge in [-0.05, 0) is 23.8 Å². The Morgan fingerprint density at radius 2 is 2.09 bits per heavy atom. The first-order valence-electron chi connectivity index (χ1n) is 6.88. The maximum atomic E-state index is 12.0. The van der Waals surface area contributed by atoms with E-state index in [1.165, 1.54) is 12.3 Å². The van der Waals surface area contributed by atoms with Crippen molar-refractivity contribution in [3.8, 4) is 5.75 Å². The predicted molar refractivity (Wildman–Crippen MR) is 80.4 cm³/mol. The molecule has 1 aromatic heterocycles. The Morgan fingerprint density at radius 1 is 1.23 bits per heavy atom. The van der Waals surface area contributed by atoms with E-state index in [0.717, 1.165) is 5.56 Å². The first kappa shape index (κ1) is 15.8. The molecule has 1 heterocycles. The van der Waals surface area contributed by atoms with Crippen molar-refractivity contribution in [1.29, 1.82) is 0 Å². The zero-order valence-corrected chi connectivity index (χ0v) is 12.3. The van der Waals surface area contributed by atoms with Gasteiger partial charge in [0.1, 0.15) is 12.4 Å². The van der Waals surface area contributed by atoms with Crippen LogP contribution in [0.4, 0.5) is 0 Å². The number of amides is 1. The Balaban J connectivity index is 1.92. The molecule has 1 amide bonds. The Morgan fingerprint density at radius 3 is 2.86 bits per heavy atom. The van der Waals surface area contributed by atoms with Gasteiger partial charge in [0.15, 0.2) is 6.20 Å². The lowest BCUT2D eigenvalue weighted by Gasteiger charge is -2.09. The minimum atomic E-state index is -0.415. The maximum absolute atomic E-state index is 12.0. The monoisotopic (exact) mass is 302 g/mol. The molecule has 0 aliphatic carbocycles. The van der Waals surface area contributed by atoms with Crippen molar-refractivity contribution in [1.82, 2.24) is 5.32 Å². The number of pyridine rings is 1. The van der Waals surface area contributed by atoms with Crippen molar-refractivity contribution >= 4 is 5.91 Å². The van der Waals surface area contributed by atoms with Gasteiger partial charge in [0.25, 0.3) is 5.69 Å². The Kier molecular flexibility index (Phi) is 5.73. The zero-order chi connectivity index (χ0) is 15.8. The summed E-state index contributed by atoms with van der Waals surface area (Å²) in [5.74, 6) is 0.295. The first-order valence-corrected chi connectivity index (χ1v) is 6.88. The molecule has 0 unspecified atom stereocenters. The van der Waals surface area contributed by atoms with Gasteiger partial charge in [-0.15, -0.1) is 0 Å². The van der Waals surface area contributed by atoms with E-state index in [9.17, 15) is 10.0 Å². The summed E-state index contributed by atoms with van der Waals surface area (Å²) < 4.78 is 11.0. The molecule has 6 heteroatoms. The van der Waals surface area contributed by atoms with Crippen molar-refractivity contribution in [3.63, 3.8) is 0 Å². The van der Waals surface area contributed by atoms with Gasteiger partial charge < -0.3 is 20.0 Å². The third-order valence-electron chi connectivity index (χ3n) is 2.96. The largest absolute Gasteiger partial charge is 0.618 e. The maximum Gasteiger partial charge on any atom is 0.317 e. The summed E-state index contributed by atoms with van der Waals surface area (Å²) in [6.07, 6.45) is 1.29. The second kappa shape index (κ2) is 7.99. The van der Waals surface area contributed by atoms with Crippen LogP contribution in [0.15, 0.2) is 48.7 Å². The number of aromatic nitrogens is 1. The van der Waals surface area contributed by atoms with E-state index in [0.29, 0.717) is 30.2 Å². The SMILES string of the molecule is COCCOc1cccc(CNC(=O)c2cccc[n+]2[O-])c1. The zero-order valence-electron chi connectivity index (χ0n) is 12.3. The molecule has 0 atom stereocenters. The molecule has 0 fully saturated rings. The van der Waals surface area contributed by atoms with Crippen LogP contribution in [0.3, 0.4) is 0 Å². The van der Waals surface area contributed by atoms with Crippen molar-refractivity contribution in [2.45, 2.75) is 6.54 Å². The van der Waals surface area contributed by atoms with Crippen LogP contribution in [-0.2, 0) is 11.3 Å². The minimum absolute atomic E-state index is 0.0648. The van der Waals surface area contributed by atoms with Gasteiger partial charge in [-0.1, -0.05) is 12.1 Å². The van der Waals surface area contributed by atoms with Crippen molar-refractivity contribution in [2.75, 3.05) is 20.3 Å². The number of hydrogen-bond donors (Lipinski definition) is 1. The normalized spacial score (nSPS) is 10.2. The van der Waals surface area contributed by atoms with Gasteiger partial charge in [0, 0.05) is 25.8 Å². The molecule has 1 N–H and O–H groups in total. The second-order valence-corrected chi connectivity index (χ2v) is 4.58. The molecule has 0 radical (unpaired) electrons. The Bertz CT molecular complexity index is 631. The highest BCUT2D eigenvalue weighted by Gasteiger charge is 2.14. The lowest BCUT2D eigenvalue weighted by Crippen LogP contribution is -2.38. The molecule has 0 aliphatic rings. The van der Waals surface area contributed by atoms with Crippen molar-refractivity contribution < 1.29 is 19.0 Å². The van der Waals surface area contributed by atoms with Gasteiger partial charge >= 0.3 is 5.91 Å². The third kappa shape index (κ3) is 4.46. The fraction of sp³-hybridized carbons (Fsp3) is 0.250. The third-order valence-corrected chi connectivity index (χ3v) is 2.96. The van der Waals surface area contributed by atoms with Crippen LogP contribution >= 0.6 is 0 Å². The van der Waals surface area contributed by atoms with Crippen LogP contribution in [0.2, 0.25) is 0 Å². The van der Waals surface area contributed by atoms with E-state index in [1.807, 2.05) is 24.3 Å². The standard InChI is InChI=1S/C16H18N2O4/c1-21-9-10-22-14-6-4-5-13(11-14)12-17-16(19)15-7-2-3-8-18(15)20/h2-8,11H,9-10,12H2,1H3,(H,17,19). The smallest absolute Gasteiger partial charge is 0.317 e. The average Bonchev–Trinajstić information content (AvgIpc) is 2.54. The quantitative estimate of drug-likeness (QED) is 0.475. The number of carbonyl (C=O) groups excluding carboxylic acids is 1. The van der Waals surface area contributed by atoms with Crippen LogP contribution in [0.1, 0.15) is 16.1 Å². The number of rotatable bonds is 7. The summed E-state index contributed by atoms with van der Waals surface area (Å²) in [4.78, 5) is 12.0. The number of nitrogens with one attached hydrogen (secondary N) is 1. The summed E-state index contributed by atoms with van der Waals surface area (Å²) in [7, 11) is 1.61. The van der Waals surface area contributed by atoms with Gasteiger partial charge in [-0.3, -0.25) is 4.79 Å². The van der Waals surface area contributed by atoms with E-state index in [4.69, 9.17) is 9.47 Å². The van der Waals surface area contributed by atoms with Crippen LogP contribution in [0.5, 0.6) is 5.75 Å². The molecule has 2 aromatic rings. The Labute approximate surface area is 128 Å². The molecule has 6 nitrogen and oxygen atoms in total. The number of ether oxygens (including phenoxy) is 2. The topological polar surface area (TPSA) is 74.5 Å². The van der Waals surface area contributed by atoms with E-state index in [2.05, 4.69) is 5.32 Å². The summed E-state index contributed by atoms with van der Waals surface area (Å²) in [5, 5.41) is 14.2. The van der Waals surface area contributed by atoms with Gasteiger partial charge in [0.05, 0.1) is 6.61 Å². The summed E-state index contributed by atoms with van der Waals surface area (Å²) in [5.41, 5.74) is 0.951. The molecular formula is C16H18N2O4. The van der Waals surface area contributed by atoms with Crippen LogP contribution in [0, 0.1) is 5.21 Å². The lowest BCUT2D eigenvalue weighted by atomic mass is 10.2. The summed E-state index contributed by atoms with van der Waals surface area (Å²) >= 11 is 0. The molecule has 0 aliphatic heterocycles. The number of nitrogens with zero attached hydrogens (tertiary/aromatic N) is 1. The molecule has 0 spiro atoms. The van der Waals surface area contributed by atoms with Gasteiger partial charge in [-0.2, -0.15) is 4.73 Å². The molecule has 1 aromatic carbocycles. The highest BCUT2D eigenvalue weighted by atomic mass is 16.5. The molecule has 22 heavy (non-hydrogen) atoms. The number of carbonyl (C=O) groups is 1. The first-order chi connectivity index (χ1) is 10.7. The molecule has 0 bridgehead atoms. The molecule has 116 valence electrons. The van der Waals surface area contributed by atoms with Crippen LogP contribution in [0.25, 0.3) is 0 Å².